The highest BCUT2D eigenvalue weighted by Gasteiger charge is 2.05. The first-order valence-electron chi connectivity index (χ1n) is 3.79. The molecule has 0 unspecified atom stereocenters. The molecule has 0 fully saturated rings. The molecule has 2 aromatic rings. The van der Waals surface area contributed by atoms with Crippen LogP contribution in [-0.4, -0.2) is 9.38 Å². The smallest absolute Gasteiger partial charge is 0.151 e. The van der Waals surface area contributed by atoms with E-state index in [1.165, 1.54) is 0 Å². The largest absolute Gasteiger partial charge is 0.301 e. The lowest BCUT2D eigenvalue weighted by molar-refractivity contribution is 0.623. The minimum absolute atomic E-state index is 0.182. The second kappa shape index (κ2) is 2.30. The molecule has 3 heteroatoms. The van der Waals surface area contributed by atoms with Gasteiger partial charge in [-0.1, -0.05) is 0 Å². The van der Waals surface area contributed by atoms with Crippen molar-refractivity contribution >= 4 is 5.52 Å². The lowest BCUT2D eigenvalue weighted by atomic mass is 10.2. The van der Waals surface area contributed by atoms with E-state index in [0.29, 0.717) is 11.1 Å². The molecule has 0 aromatic carbocycles. The molecule has 0 aliphatic rings. The van der Waals surface area contributed by atoms with Crippen LogP contribution < -0.4 is 0 Å². The Morgan fingerprint density at radius 2 is 2.17 bits per heavy atom. The summed E-state index contributed by atoms with van der Waals surface area (Å²) in [5, 5.41) is 0. The number of nitrogens with zero attached hydrogens (tertiary/aromatic N) is 2. The molecule has 0 atom stereocenters. The van der Waals surface area contributed by atoms with Crippen LogP contribution in [0.3, 0.4) is 0 Å². The minimum atomic E-state index is -0.182. The Balaban J connectivity index is 2.93. The van der Waals surface area contributed by atoms with Gasteiger partial charge in [0.2, 0.25) is 0 Å². The zero-order valence-electron chi connectivity index (χ0n) is 7.00. The Kier molecular flexibility index (Phi) is 1.40. The molecule has 0 aliphatic heterocycles. The van der Waals surface area contributed by atoms with Crippen molar-refractivity contribution in [3.05, 3.63) is 35.7 Å². The zero-order chi connectivity index (χ0) is 8.72. The van der Waals surface area contributed by atoms with Crippen molar-refractivity contribution in [1.82, 2.24) is 9.38 Å². The van der Waals surface area contributed by atoms with Crippen molar-refractivity contribution in [3.63, 3.8) is 0 Å². The maximum absolute atomic E-state index is 13.4. The van der Waals surface area contributed by atoms with E-state index < -0.39 is 0 Å². The Morgan fingerprint density at radius 1 is 1.42 bits per heavy atom. The van der Waals surface area contributed by atoms with Crippen molar-refractivity contribution in [1.29, 1.82) is 0 Å². The van der Waals surface area contributed by atoms with Gasteiger partial charge in [0.05, 0.1) is 6.20 Å². The van der Waals surface area contributed by atoms with Gasteiger partial charge < -0.3 is 4.40 Å². The number of hydrogen-bond donors (Lipinski definition) is 0. The Bertz CT molecular complexity index is 431. The van der Waals surface area contributed by atoms with Crippen LogP contribution >= 0.6 is 0 Å². The van der Waals surface area contributed by atoms with E-state index in [1.807, 2.05) is 13.1 Å². The van der Waals surface area contributed by atoms with E-state index in [9.17, 15) is 4.39 Å². The molecule has 62 valence electrons. The van der Waals surface area contributed by atoms with Gasteiger partial charge in [0.25, 0.3) is 0 Å². The van der Waals surface area contributed by atoms with E-state index in [0.717, 1.165) is 5.82 Å². The fraction of sp³-hybridized carbons (Fsp3) is 0.222. The Hall–Kier alpha value is -1.38. The average Bonchev–Trinajstić information content (AvgIpc) is 2.41. The molecule has 2 nitrogen and oxygen atoms in total. The number of imidazole rings is 1. The molecule has 0 saturated carbocycles. The molecular weight excluding hydrogens is 155 g/mol. The second-order valence-corrected chi connectivity index (χ2v) is 2.87. The summed E-state index contributed by atoms with van der Waals surface area (Å²) in [6.45, 7) is 3.60. The topological polar surface area (TPSA) is 17.3 Å². The third-order valence-electron chi connectivity index (χ3n) is 2.03. The third-order valence-corrected chi connectivity index (χ3v) is 2.03. The minimum Gasteiger partial charge on any atom is -0.301 e. The van der Waals surface area contributed by atoms with Gasteiger partial charge in [0.15, 0.2) is 5.82 Å². The van der Waals surface area contributed by atoms with Crippen molar-refractivity contribution < 1.29 is 4.39 Å². The highest BCUT2D eigenvalue weighted by Crippen LogP contribution is 2.14. The van der Waals surface area contributed by atoms with Crippen LogP contribution in [0.25, 0.3) is 5.52 Å². The van der Waals surface area contributed by atoms with Gasteiger partial charge in [-0.2, -0.15) is 0 Å². The van der Waals surface area contributed by atoms with E-state index in [1.54, 1.807) is 23.6 Å². The standard InChI is InChI=1S/C9H9FN2/c1-6-3-4-12-7(2)11-5-8(12)9(6)10/h3-5H,1-2H3. The van der Waals surface area contributed by atoms with E-state index in [-0.39, 0.29) is 5.82 Å². The number of aryl methyl sites for hydroxylation is 2. The highest BCUT2D eigenvalue weighted by molar-refractivity contribution is 5.49. The quantitative estimate of drug-likeness (QED) is 0.582. The summed E-state index contributed by atoms with van der Waals surface area (Å²) >= 11 is 0. The maximum Gasteiger partial charge on any atom is 0.151 e. The molecule has 0 amide bonds. The summed E-state index contributed by atoms with van der Waals surface area (Å²) in [6, 6.07) is 1.75. The molecule has 0 radical (unpaired) electrons. The van der Waals surface area contributed by atoms with Gasteiger partial charge >= 0.3 is 0 Å². The molecule has 12 heavy (non-hydrogen) atoms. The Morgan fingerprint density at radius 3 is 2.92 bits per heavy atom. The summed E-state index contributed by atoms with van der Waals surface area (Å²) in [5.41, 5.74) is 1.20. The van der Waals surface area contributed by atoms with Crippen molar-refractivity contribution in [2.45, 2.75) is 13.8 Å². The van der Waals surface area contributed by atoms with Crippen LogP contribution in [-0.2, 0) is 0 Å². The molecule has 0 bridgehead atoms. The van der Waals surface area contributed by atoms with E-state index in [2.05, 4.69) is 4.98 Å². The monoisotopic (exact) mass is 164 g/mol. The van der Waals surface area contributed by atoms with Gasteiger partial charge in [-0.15, -0.1) is 0 Å². The summed E-state index contributed by atoms with van der Waals surface area (Å²) in [4.78, 5) is 4.02. The van der Waals surface area contributed by atoms with Gasteiger partial charge in [-0.3, -0.25) is 0 Å². The second-order valence-electron chi connectivity index (χ2n) is 2.87. The average molecular weight is 164 g/mol. The molecule has 2 heterocycles. The molecule has 0 N–H and O–H groups in total. The molecule has 0 saturated heterocycles. The van der Waals surface area contributed by atoms with Crippen LogP contribution in [0.4, 0.5) is 4.39 Å². The number of rotatable bonds is 0. The molecule has 2 rings (SSSR count). The van der Waals surface area contributed by atoms with Crippen LogP contribution in [0.2, 0.25) is 0 Å². The molecule has 2 aromatic heterocycles. The lowest BCUT2D eigenvalue weighted by Gasteiger charge is -1.99. The summed E-state index contributed by atoms with van der Waals surface area (Å²) in [6.07, 6.45) is 3.38. The number of halogens is 1. The maximum atomic E-state index is 13.4. The number of fused-ring (bicyclic) bond motifs is 1. The van der Waals surface area contributed by atoms with Crippen molar-refractivity contribution in [2.75, 3.05) is 0 Å². The predicted octanol–water partition coefficient (Wildman–Crippen LogP) is 2.09. The normalized spacial score (nSPS) is 10.9. The van der Waals surface area contributed by atoms with E-state index >= 15 is 0 Å². The summed E-state index contributed by atoms with van der Waals surface area (Å²) in [5.74, 6) is 0.627. The zero-order valence-corrected chi connectivity index (χ0v) is 7.00. The Labute approximate surface area is 69.7 Å². The fourth-order valence-corrected chi connectivity index (χ4v) is 1.27. The van der Waals surface area contributed by atoms with Crippen molar-refractivity contribution in [2.24, 2.45) is 0 Å². The predicted molar refractivity (Wildman–Crippen MR) is 44.6 cm³/mol. The SMILES string of the molecule is Cc1ccn2c(C)ncc2c1F. The third kappa shape index (κ3) is 0.826. The number of aromatic nitrogens is 2. The van der Waals surface area contributed by atoms with Crippen LogP contribution in [0.1, 0.15) is 11.4 Å². The van der Waals surface area contributed by atoms with Crippen molar-refractivity contribution in [3.8, 4) is 0 Å². The van der Waals surface area contributed by atoms with Gasteiger partial charge in [-0.25, -0.2) is 9.37 Å². The first-order valence-corrected chi connectivity index (χ1v) is 3.79. The van der Waals surface area contributed by atoms with Gasteiger partial charge in [0, 0.05) is 6.20 Å². The van der Waals surface area contributed by atoms with Crippen LogP contribution in [0.15, 0.2) is 18.5 Å². The molecular formula is C9H9FN2. The molecule has 0 spiro atoms. The summed E-state index contributed by atoms with van der Waals surface area (Å²) in [7, 11) is 0. The van der Waals surface area contributed by atoms with Gasteiger partial charge in [0.1, 0.15) is 11.3 Å². The number of pyridine rings is 1. The van der Waals surface area contributed by atoms with Crippen LogP contribution in [0, 0.1) is 19.7 Å². The first-order chi connectivity index (χ1) is 5.70. The first kappa shape index (κ1) is 7.28. The lowest BCUT2D eigenvalue weighted by Crippen LogP contribution is -1.91. The van der Waals surface area contributed by atoms with Crippen LogP contribution in [0.5, 0.6) is 0 Å². The molecule has 0 aliphatic carbocycles. The number of hydrogen-bond acceptors (Lipinski definition) is 1. The summed E-state index contributed by atoms with van der Waals surface area (Å²) < 4.78 is 15.1. The van der Waals surface area contributed by atoms with Gasteiger partial charge in [-0.05, 0) is 25.5 Å². The fourth-order valence-electron chi connectivity index (χ4n) is 1.27. The highest BCUT2D eigenvalue weighted by atomic mass is 19.1. The van der Waals surface area contributed by atoms with E-state index in [4.69, 9.17) is 0 Å².